The summed E-state index contributed by atoms with van der Waals surface area (Å²) in [5.41, 5.74) is 6.30. The summed E-state index contributed by atoms with van der Waals surface area (Å²) >= 11 is 0. The van der Waals surface area contributed by atoms with E-state index in [4.69, 9.17) is 5.73 Å². The number of nitrogens with zero attached hydrogens (tertiary/aromatic N) is 1. The Balaban J connectivity index is 2.52. The summed E-state index contributed by atoms with van der Waals surface area (Å²) < 4.78 is 0. The summed E-state index contributed by atoms with van der Waals surface area (Å²) in [4.78, 5) is 27.2. The van der Waals surface area contributed by atoms with E-state index >= 15 is 0 Å². The largest absolute Gasteiger partial charge is 0.504 e. The fourth-order valence-corrected chi connectivity index (χ4v) is 1.41. The van der Waals surface area contributed by atoms with Crippen molar-refractivity contribution in [3.63, 3.8) is 0 Å². The standard InChI is InChI=1S/C13H20N4O3/c1-7(2)11(14)13(20)15-6-10(19)17-12-9(18)5-4-8(3)16-12/h4-5,7,11,18H,6,14H2,1-3H3,(H,15,20)(H,16,17,19)/t11-/m0/s1. The zero-order valence-corrected chi connectivity index (χ0v) is 11.8. The van der Waals surface area contributed by atoms with Gasteiger partial charge < -0.3 is 21.5 Å². The number of rotatable bonds is 5. The summed E-state index contributed by atoms with van der Waals surface area (Å²) in [7, 11) is 0. The van der Waals surface area contributed by atoms with Crippen LogP contribution in [0.1, 0.15) is 19.5 Å². The third kappa shape index (κ3) is 4.51. The lowest BCUT2D eigenvalue weighted by Crippen LogP contribution is -2.46. The van der Waals surface area contributed by atoms with E-state index in [2.05, 4.69) is 15.6 Å². The maximum absolute atomic E-state index is 11.7. The molecule has 1 rings (SSSR count). The number of amides is 2. The molecule has 1 atom stereocenters. The van der Waals surface area contributed by atoms with Gasteiger partial charge in [-0.3, -0.25) is 9.59 Å². The molecule has 0 aliphatic rings. The fraction of sp³-hybridized carbons (Fsp3) is 0.462. The number of aromatic nitrogens is 1. The van der Waals surface area contributed by atoms with Gasteiger partial charge in [0.05, 0.1) is 12.6 Å². The lowest BCUT2D eigenvalue weighted by atomic mass is 10.1. The smallest absolute Gasteiger partial charge is 0.245 e. The molecule has 1 aromatic rings. The molecule has 7 heteroatoms. The molecule has 0 unspecified atom stereocenters. The second kappa shape index (κ2) is 6.85. The normalized spacial score (nSPS) is 12.1. The van der Waals surface area contributed by atoms with Crippen LogP contribution in [0.4, 0.5) is 5.82 Å². The molecule has 0 aromatic carbocycles. The molecule has 20 heavy (non-hydrogen) atoms. The van der Waals surface area contributed by atoms with Crippen LogP contribution in [0.2, 0.25) is 0 Å². The minimum atomic E-state index is -0.659. The third-order valence-corrected chi connectivity index (χ3v) is 2.72. The molecule has 110 valence electrons. The minimum Gasteiger partial charge on any atom is -0.504 e. The van der Waals surface area contributed by atoms with Gasteiger partial charge >= 0.3 is 0 Å². The van der Waals surface area contributed by atoms with Crippen LogP contribution in [0.25, 0.3) is 0 Å². The highest BCUT2D eigenvalue weighted by atomic mass is 16.3. The number of hydrogen-bond acceptors (Lipinski definition) is 5. The van der Waals surface area contributed by atoms with Crippen molar-refractivity contribution < 1.29 is 14.7 Å². The van der Waals surface area contributed by atoms with Gasteiger partial charge in [0.15, 0.2) is 11.6 Å². The van der Waals surface area contributed by atoms with Gasteiger partial charge in [-0.1, -0.05) is 13.8 Å². The molecule has 0 radical (unpaired) electrons. The van der Waals surface area contributed by atoms with Gasteiger partial charge in [-0.2, -0.15) is 0 Å². The number of aryl methyl sites for hydroxylation is 1. The highest BCUT2D eigenvalue weighted by molar-refractivity contribution is 5.95. The van der Waals surface area contributed by atoms with E-state index in [1.165, 1.54) is 6.07 Å². The number of nitrogens with one attached hydrogen (secondary N) is 2. The predicted octanol–water partition coefficient (Wildman–Crippen LogP) is 0.134. The van der Waals surface area contributed by atoms with E-state index in [0.717, 1.165) is 0 Å². The molecule has 5 N–H and O–H groups in total. The Morgan fingerprint density at radius 2 is 2.05 bits per heavy atom. The van der Waals surface area contributed by atoms with Crippen molar-refractivity contribution in [2.45, 2.75) is 26.8 Å². The van der Waals surface area contributed by atoms with Crippen LogP contribution in [0.3, 0.4) is 0 Å². The van der Waals surface area contributed by atoms with E-state index in [1.807, 2.05) is 13.8 Å². The Labute approximate surface area is 117 Å². The molecular formula is C13H20N4O3. The molecule has 7 nitrogen and oxygen atoms in total. The lowest BCUT2D eigenvalue weighted by molar-refractivity contribution is -0.125. The average Bonchev–Trinajstić information content (AvgIpc) is 2.39. The van der Waals surface area contributed by atoms with Gasteiger partial charge in [-0.15, -0.1) is 0 Å². The quantitative estimate of drug-likeness (QED) is 0.611. The Morgan fingerprint density at radius 3 is 2.65 bits per heavy atom. The van der Waals surface area contributed by atoms with Crippen LogP contribution in [-0.2, 0) is 9.59 Å². The molecule has 0 spiro atoms. The van der Waals surface area contributed by atoms with Crippen LogP contribution < -0.4 is 16.4 Å². The van der Waals surface area contributed by atoms with E-state index in [1.54, 1.807) is 13.0 Å². The SMILES string of the molecule is Cc1ccc(O)c(NC(=O)CNC(=O)[C@@H](N)C(C)C)n1. The van der Waals surface area contributed by atoms with Crippen molar-refractivity contribution in [3.05, 3.63) is 17.8 Å². The molecule has 0 aliphatic heterocycles. The average molecular weight is 280 g/mol. The van der Waals surface area contributed by atoms with E-state index < -0.39 is 17.9 Å². The zero-order valence-electron chi connectivity index (χ0n) is 11.8. The number of nitrogens with two attached hydrogens (primary N) is 1. The van der Waals surface area contributed by atoms with Crippen molar-refractivity contribution >= 4 is 17.6 Å². The molecule has 0 aliphatic carbocycles. The first kappa shape index (κ1) is 15.9. The van der Waals surface area contributed by atoms with Gasteiger partial charge in [0, 0.05) is 5.69 Å². The molecule has 0 bridgehead atoms. The Bertz CT molecular complexity index is 502. The highest BCUT2D eigenvalue weighted by Gasteiger charge is 2.18. The van der Waals surface area contributed by atoms with E-state index in [0.29, 0.717) is 5.69 Å². The number of carbonyl (C=O) groups excluding carboxylic acids is 2. The van der Waals surface area contributed by atoms with Crippen LogP contribution in [0, 0.1) is 12.8 Å². The van der Waals surface area contributed by atoms with Gasteiger partial charge in [-0.25, -0.2) is 4.98 Å². The number of pyridine rings is 1. The topological polar surface area (TPSA) is 117 Å². The van der Waals surface area contributed by atoms with Crippen molar-refractivity contribution in [2.75, 3.05) is 11.9 Å². The molecular weight excluding hydrogens is 260 g/mol. The van der Waals surface area contributed by atoms with Crippen molar-refractivity contribution in [3.8, 4) is 5.75 Å². The van der Waals surface area contributed by atoms with Gasteiger partial charge in [0.25, 0.3) is 0 Å². The van der Waals surface area contributed by atoms with Gasteiger partial charge in [0.1, 0.15) is 0 Å². The number of aromatic hydroxyl groups is 1. The van der Waals surface area contributed by atoms with E-state index in [-0.39, 0.29) is 24.0 Å². The summed E-state index contributed by atoms with van der Waals surface area (Å²) in [6, 6.07) is 2.40. The molecule has 0 saturated carbocycles. The monoisotopic (exact) mass is 280 g/mol. The van der Waals surface area contributed by atoms with Crippen molar-refractivity contribution in [1.82, 2.24) is 10.3 Å². The number of carbonyl (C=O) groups is 2. The lowest BCUT2D eigenvalue weighted by Gasteiger charge is -2.15. The predicted molar refractivity (Wildman–Crippen MR) is 75.1 cm³/mol. The van der Waals surface area contributed by atoms with Crippen LogP contribution in [-0.4, -0.2) is 34.5 Å². The first-order chi connectivity index (χ1) is 9.31. The Kier molecular flexibility index (Phi) is 5.45. The summed E-state index contributed by atoms with van der Waals surface area (Å²) in [5.74, 6) is -0.952. The van der Waals surface area contributed by atoms with Crippen LogP contribution >= 0.6 is 0 Å². The van der Waals surface area contributed by atoms with Crippen LogP contribution in [0.5, 0.6) is 5.75 Å². The maximum Gasteiger partial charge on any atom is 0.245 e. The Morgan fingerprint density at radius 1 is 1.40 bits per heavy atom. The first-order valence-corrected chi connectivity index (χ1v) is 6.31. The van der Waals surface area contributed by atoms with Crippen molar-refractivity contribution in [1.29, 1.82) is 0 Å². The highest BCUT2D eigenvalue weighted by Crippen LogP contribution is 2.19. The zero-order chi connectivity index (χ0) is 15.3. The summed E-state index contributed by atoms with van der Waals surface area (Å²) in [6.45, 7) is 5.14. The fourth-order valence-electron chi connectivity index (χ4n) is 1.41. The summed E-state index contributed by atoms with van der Waals surface area (Å²) in [5, 5.41) is 14.4. The first-order valence-electron chi connectivity index (χ1n) is 6.31. The van der Waals surface area contributed by atoms with Crippen molar-refractivity contribution in [2.24, 2.45) is 11.7 Å². The third-order valence-electron chi connectivity index (χ3n) is 2.72. The van der Waals surface area contributed by atoms with E-state index in [9.17, 15) is 14.7 Å². The molecule has 1 heterocycles. The van der Waals surface area contributed by atoms with Crippen LogP contribution in [0.15, 0.2) is 12.1 Å². The Hall–Kier alpha value is -2.15. The number of hydrogen-bond donors (Lipinski definition) is 4. The van der Waals surface area contributed by atoms with Gasteiger partial charge in [-0.05, 0) is 25.0 Å². The molecule has 0 fully saturated rings. The molecule has 2 amide bonds. The molecule has 1 aromatic heterocycles. The minimum absolute atomic E-state index is 0.0134. The second-order valence-electron chi connectivity index (χ2n) is 4.86. The number of anilines is 1. The second-order valence-corrected chi connectivity index (χ2v) is 4.86. The maximum atomic E-state index is 11.7. The van der Waals surface area contributed by atoms with Gasteiger partial charge in [0.2, 0.25) is 11.8 Å². The summed E-state index contributed by atoms with van der Waals surface area (Å²) in [6.07, 6.45) is 0. The molecule has 0 saturated heterocycles.